The summed E-state index contributed by atoms with van der Waals surface area (Å²) in [7, 11) is 0. The fourth-order valence-corrected chi connectivity index (χ4v) is 4.77. The number of carbonyl (C=O) groups excluding carboxylic acids is 2. The highest BCUT2D eigenvalue weighted by Gasteiger charge is 2.42. The number of benzene rings is 2. The van der Waals surface area contributed by atoms with Gasteiger partial charge in [0.05, 0.1) is 18.8 Å². The Hall–Kier alpha value is -2.99. The molecule has 1 unspecified atom stereocenters. The lowest BCUT2D eigenvalue weighted by Gasteiger charge is -2.30. The van der Waals surface area contributed by atoms with Crippen molar-refractivity contribution in [1.29, 1.82) is 0 Å². The van der Waals surface area contributed by atoms with Crippen molar-refractivity contribution < 1.29 is 24.2 Å². The van der Waals surface area contributed by atoms with Crippen molar-refractivity contribution >= 4 is 34.4 Å². The summed E-state index contributed by atoms with van der Waals surface area (Å²) in [4.78, 5) is 26.6. The van der Waals surface area contributed by atoms with Crippen molar-refractivity contribution in [3.05, 3.63) is 63.8 Å². The molecule has 0 saturated heterocycles. The maximum atomic E-state index is 13.5. The summed E-state index contributed by atoms with van der Waals surface area (Å²) in [5.74, 6) is -1.03. The predicted octanol–water partition coefficient (Wildman–Crippen LogP) is 5.94. The van der Waals surface area contributed by atoms with E-state index in [-0.39, 0.29) is 30.0 Å². The number of phenols is 1. The molecule has 0 spiro atoms. The number of nitrogens with zero attached hydrogens (tertiary/aromatic N) is 1. The Bertz CT molecular complexity index is 1190. The van der Waals surface area contributed by atoms with E-state index in [1.807, 2.05) is 39.0 Å². The van der Waals surface area contributed by atoms with E-state index in [4.69, 9.17) is 21.1 Å². The molecule has 7 heteroatoms. The molecule has 1 N–H and O–H groups in total. The smallest absolute Gasteiger partial charge is 0.340 e. The zero-order chi connectivity index (χ0) is 24.5. The quantitative estimate of drug-likeness (QED) is 0.432. The number of esters is 2. The van der Waals surface area contributed by atoms with Crippen molar-refractivity contribution in [2.45, 2.75) is 53.0 Å². The molecular weight excluding hydrogens is 442 g/mol. The molecule has 0 fully saturated rings. The zero-order valence-electron chi connectivity index (χ0n) is 19.9. The first-order chi connectivity index (χ1) is 15.6. The Morgan fingerprint density at radius 1 is 1.12 bits per heavy atom. The van der Waals surface area contributed by atoms with Crippen LogP contribution in [0.4, 0.5) is 0 Å². The van der Waals surface area contributed by atoms with Gasteiger partial charge in [-0.2, -0.15) is 0 Å². The maximum Gasteiger partial charge on any atom is 0.340 e. The van der Waals surface area contributed by atoms with E-state index in [2.05, 4.69) is 4.57 Å². The SMILES string of the molecule is CCOC(=O)c1c(C)n(C(C)C)c2cccc(C(C)(C(=O)OCC)c3cc(O)cc(Cl)c3)c12. The van der Waals surface area contributed by atoms with Gasteiger partial charge in [0.1, 0.15) is 11.2 Å². The molecule has 0 saturated carbocycles. The molecule has 1 atom stereocenters. The van der Waals surface area contributed by atoms with Gasteiger partial charge < -0.3 is 19.1 Å². The van der Waals surface area contributed by atoms with Gasteiger partial charge in [-0.25, -0.2) is 4.79 Å². The number of halogens is 1. The molecule has 0 bridgehead atoms. The van der Waals surface area contributed by atoms with Crippen LogP contribution in [0.25, 0.3) is 10.9 Å². The van der Waals surface area contributed by atoms with Crippen molar-refractivity contribution in [1.82, 2.24) is 4.57 Å². The zero-order valence-corrected chi connectivity index (χ0v) is 20.6. The van der Waals surface area contributed by atoms with Gasteiger partial charge in [-0.1, -0.05) is 23.7 Å². The molecule has 0 radical (unpaired) electrons. The minimum atomic E-state index is -1.35. The molecule has 1 heterocycles. The molecule has 2 aromatic carbocycles. The van der Waals surface area contributed by atoms with Crippen LogP contribution in [0.1, 0.15) is 67.8 Å². The minimum absolute atomic E-state index is 0.0648. The summed E-state index contributed by atoms with van der Waals surface area (Å²) in [5, 5.41) is 11.2. The van der Waals surface area contributed by atoms with Crippen LogP contribution in [0, 0.1) is 6.92 Å². The normalized spacial score (nSPS) is 13.2. The van der Waals surface area contributed by atoms with Crippen molar-refractivity contribution in [2.24, 2.45) is 0 Å². The minimum Gasteiger partial charge on any atom is -0.508 e. The van der Waals surface area contributed by atoms with Crippen LogP contribution in [0.15, 0.2) is 36.4 Å². The summed E-state index contributed by atoms with van der Waals surface area (Å²) < 4.78 is 13.0. The number of phenolic OH excluding ortho intramolecular Hbond substituents is 1. The molecule has 0 amide bonds. The number of hydrogen-bond donors (Lipinski definition) is 1. The van der Waals surface area contributed by atoms with Gasteiger partial charge in [0.25, 0.3) is 0 Å². The summed E-state index contributed by atoms with van der Waals surface area (Å²) in [6.07, 6.45) is 0. The second-order valence-corrected chi connectivity index (χ2v) is 8.82. The highest BCUT2D eigenvalue weighted by molar-refractivity contribution is 6.30. The molecule has 176 valence electrons. The third-order valence-corrected chi connectivity index (χ3v) is 6.17. The Balaban J connectivity index is 2.50. The second kappa shape index (κ2) is 9.48. The van der Waals surface area contributed by atoms with Crippen LogP contribution in [0.2, 0.25) is 5.02 Å². The molecule has 3 rings (SSSR count). The monoisotopic (exact) mass is 471 g/mol. The Morgan fingerprint density at radius 2 is 1.79 bits per heavy atom. The first kappa shape index (κ1) is 24.6. The lowest BCUT2D eigenvalue weighted by atomic mass is 9.74. The van der Waals surface area contributed by atoms with E-state index in [1.54, 1.807) is 26.8 Å². The highest BCUT2D eigenvalue weighted by Crippen LogP contribution is 2.43. The number of rotatable bonds is 7. The van der Waals surface area contributed by atoms with Crippen LogP contribution < -0.4 is 0 Å². The summed E-state index contributed by atoms with van der Waals surface area (Å²) >= 11 is 6.25. The average Bonchev–Trinajstić information content (AvgIpc) is 3.04. The fourth-order valence-electron chi connectivity index (χ4n) is 4.54. The van der Waals surface area contributed by atoms with Crippen molar-refractivity contribution in [3.8, 4) is 5.75 Å². The van der Waals surface area contributed by atoms with Gasteiger partial charge in [-0.05, 0) is 76.9 Å². The molecule has 33 heavy (non-hydrogen) atoms. The number of hydrogen-bond acceptors (Lipinski definition) is 5. The molecule has 0 aliphatic heterocycles. The fraction of sp³-hybridized carbons (Fsp3) is 0.385. The standard InChI is InChI=1S/C26H30ClNO5/c1-7-32-24(30)22-16(5)28(15(3)4)21-11-9-10-20(23(21)22)26(6,25(31)33-8-2)17-12-18(27)14-19(29)13-17/h9-15,29H,7-8H2,1-6H3. The van der Waals surface area contributed by atoms with E-state index >= 15 is 0 Å². The topological polar surface area (TPSA) is 77.8 Å². The lowest BCUT2D eigenvalue weighted by molar-refractivity contribution is -0.147. The largest absolute Gasteiger partial charge is 0.508 e. The second-order valence-electron chi connectivity index (χ2n) is 8.39. The first-order valence-corrected chi connectivity index (χ1v) is 11.4. The maximum absolute atomic E-state index is 13.5. The first-order valence-electron chi connectivity index (χ1n) is 11.1. The van der Waals surface area contributed by atoms with Gasteiger partial charge in [0, 0.05) is 27.7 Å². The Morgan fingerprint density at radius 3 is 2.36 bits per heavy atom. The third kappa shape index (κ3) is 4.20. The number of ether oxygens (including phenoxy) is 2. The number of fused-ring (bicyclic) bond motifs is 1. The van der Waals surface area contributed by atoms with Crippen LogP contribution in [-0.2, 0) is 19.7 Å². The number of aromatic hydroxyl groups is 1. The van der Waals surface area contributed by atoms with Crippen LogP contribution >= 0.6 is 11.6 Å². The van der Waals surface area contributed by atoms with E-state index in [1.165, 1.54) is 12.1 Å². The Kier molecular flexibility index (Phi) is 7.08. The van der Waals surface area contributed by atoms with Gasteiger partial charge in [-0.3, -0.25) is 4.79 Å². The van der Waals surface area contributed by atoms with E-state index in [0.717, 1.165) is 11.2 Å². The molecular formula is C26H30ClNO5. The predicted molar refractivity (Wildman–Crippen MR) is 129 cm³/mol. The summed E-state index contributed by atoms with van der Waals surface area (Å²) in [5.41, 5.74) is 1.66. The molecule has 3 aromatic rings. The van der Waals surface area contributed by atoms with Gasteiger partial charge in [0.2, 0.25) is 0 Å². The highest BCUT2D eigenvalue weighted by atomic mass is 35.5. The molecule has 1 aromatic heterocycles. The van der Waals surface area contributed by atoms with Gasteiger partial charge >= 0.3 is 11.9 Å². The summed E-state index contributed by atoms with van der Waals surface area (Å²) in [6, 6.07) is 10.2. The third-order valence-electron chi connectivity index (χ3n) is 5.95. The van der Waals surface area contributed by atoms with E-state index in [9.17, 15) is 14.7 Å². The number of carbonyl (C=O) groups is 2. The molecule has 6 nitrogen and oxygen atoms in total. The van der Waals surface area contributed by atoms with Crippen LogP contribution in [-0.4, -0.2) is 34.8 Å². The average molecular weight is 472 g/mol. The van der Waals surface area contributed by atoms with Crippen LogP contribution in [0.3, 0.4) is 0 Å². The van der Waals surface area contributed by atoms with E-state index in [0.29, 0.717) is 22.1 Å². The van der Waals surface area contributed by atoms with Gasteiger partial charge in [-0.15, -0.1) is 0 Å². The summed E-state index contributed by atoms with van der Waals surface area (Å²) in [6.45, 7) is 11.6. The molecule has 0 aliphatic rings. The van der Waals surface area contributed by atoms with Crippen molar-refractivity contribution in [2.75, 3.05) is 13.2 Å². The Labute approximate surface area is 199 Å². The number of aromatic nitrogens is 1. The van der Waals surface area contributed by atoms with Crippen molar-refractivity contribution in [3.63, 3.8) is 0 Å². The van der Waals surface area contributed by atoms with E-state index < -0.39 is 17.4 Å². The van der Waals surface area contributed by atoms with Crippen LogP contribution in [0.5, 0.6) is 5.75 Å². The molecule has 0 aliphatic carbocycles. The van der Waals surface area contributed by atoms with Gasteiger partial charge in [0.15, 0.2) is 0 Å². The lowest BCUT2D eigenvalue weighted by Crippen LogP contribution is -2.36.